The molecule has 0 amide bonds. The summed E-state index contributed by atoms with van der Waals surface area (Å²) in [5.41, 5.74) is 1.12. The van der Waals surface area contributed by atoms with Crippen LogP contribution < -0.4 is 10.6 Å². The molecule has 5 heteroatoms. The molecular formula is C13H22N4O. The van der Waals surface area contributed by atoms with Gasteiger partial charge in [-0.15, -0.1) is 0 Å². The van der Waals surface area contributed by atoms with Gasteiger partial charge in [-0.3, -0.25) is 4.99 Å². The second-order valence-electron chi connectivity index (χ2n) is 4.86. The van der Waals surface area contributed by atoms with E-state index in [4.69, 9.17) is 4.42 Å². The van der Waals surface area contributed by atoms with E-state index in [1.165, 1.54) is 19.5 Å². The Labute approximate surface area is 108 Å². The molecular weight excluding hydrogens is 228 g/mol. The number of guanidine groups is 1. The molecule has 18 heavy (non-hydrogen) atoms. The second-order valence-corrected chi connectivity index (χ2v) is 4.86. The lowest BCUT2D eigenvalue weighted by molar-refractivity contribution is 0.394. The lowest BCUT2D eigenvalue weighted by Gasteiger charge is -2.15. The molecule has 1 saturated heterocycles. The van der Waals surface area contributed by atoms with Gasteiger partial charge in [0, 0.05) is 32.2 Å². The van der Waals surface area contributed by atoms with Crippen molar-refractivity contribution in [2.75, 3.05) is 33.7 Å². The summed E-state index contributed by atoms with van der Waals surface area (Å²) in [6.07, 6.45) is 4.69. The zero-order chi connectivity index (χ0) is 12.8. The lowest BCUT2D eigenvalue weighted by Crippen LogP contribution is -2.39. The van der Waals surface area contributed by atoms with Gasteiger partial charge in [-0.25, -0.2) is 0 Å². The first-order chi connectivity index (χ1) is 8.78. The van der Waals surface area contributed by atoms with Crippen LogP contribution in [0.25, 0.3) is 0 Å². The van der Waals surface area contributed by atoms with Crippen LogP contribution in [-0.2, 0) is 6.54 Å². The van der Waals surface area contributed by atoms with Crippen LogP contribution in [0.1, 0.15) is 12.0 Å². The van der Waals surface area contributed by atoms with Gasteiger partial charge in [0.2, 0.25) is 0 Å². The average molecular weight is 250 g/mol. The van der Waals surface area contributed by atoms with Crippen LogP contribution >= 0.6 is 0 Å². The Bertz CT molecular complexity index is 374. The maximum atomic E-state index is 5.03. The number of hydrogen-bond donors (Lipinski definition) is 2. The lowest BCUT2D eigenvalue weighted by atomic mass is 10.1. The van der Waals surface area contributed by atoms with Gasteiger partial charge in [-0.1, -0.05) is 0 Å². The summed E-state index contributed by atoms with van der Waals surface area (Å²) in [6.45, 7) is 4.09. The highest BCUT2D eigenvalue weighted by Gasteiger charge is 2.19. The van der Waals surface area contributed by atoms with Crippen molar-refractivity contribution in [1.29, 1.82) is 0 Å². The Balaban J connectivity index is 1.69. The molecule has 1 unspecified atom stereocenters. The molecule has 0 aromatic carbocycles. The van der Waals surface area contributed by atoms with Gasteiger partial charge >= 0.3 is 0 Å². The standard InChI is InChI=1S/C13H22N4O/c1-14-13(16-8-12-4-6-18-10-12)15-7-11-3-5-17(2)9-11/h4,6,10-11H,3,5,7-9H2,1-2H3,(H2,14,15,16). The Hall–Kier alpha value is -1.49. The zero-order valence-electron chi connectivity index (χ0n) is 11.1. The third-order valence-electron chi connectivity index (χ3n) is 3.31. The van der Waals surface area contributed by atoms with E-state index in [9.17, 15) is 0 Å². The van der Waals surface area contributed by atoms with Crippen molar-refractivity contribution in [3.63, 3.8) is 0 Å². The van der Waals surface area contributed by atoms with Crippen LogP contribution in [-0.4, -0.2) is 44.6 Å². The van der Waals surface area contributed by atoms with E-state index in [-0.39, 0.29) is 0 Å². The molecule has 5 nitrogen and oxygen atoms in total. The molecule has 2 rings (SSSR count). The molecule has 2 heterocycles. The first kappa shape index (κ1) is 13.0. The predicted molar refractivity (Wildman–Crippen MR) is 72.5 cm³/mol. The molecule has 1 aliphatic heterocycles. The SMILES string of the molecule is CN=C(NCc1ccoc1)NCC1CCN(C)C1. The van der Waals surface area contributed by atoms with Crippen molar-refractivity contribution in [2.24, 2.45) is 10.9 Å². The highest BCUT2D eigenvalue weighted by Crippen LogP contribution is 2.12. The van der Waals surface area contributed by atoms with Crippen LogP contribution in [0.4, 0.5) is 0 Å². The maximum Gasteiger partial charge on any atom is 0.191 e. The number of hydrogen-bond acceptors (Lipinski definition) is 3. The molecule has 1 aromatic heterocycles. The summed E-state index contributed by atoms with van der Waals surface area (Å²) in [4.78, 5) is 6.59. The third kappa shape index (κ3) is 3.77. The van der Waals surface area contributed by atoms with Crippen LogP contribution in [0.2, 0.25) is 0 Å². The first-order valence-corrected chi connectivity index (χ1v) is 6.42. The molecule has 100 valence electrons. The fraction of sp³-hybridized carbons (Fsp3) is 0.615. The highest BCUT2D eigenvalue weighted by atomic mass is 16.3. The Morgan fingerprint density at radius 2 is 2.44 bits per heavy atom. The van der Waals surface area contributed by atoms with E-state index in [0.29, 0.717) is 0 Å². The molecule has 1 fully saturated rings. The number of nitrogens with zero attached hydrogens (tertiary/aromatic N) is 2. The molecule has 2 N–H and O–H groups in total. The van der Waals surface area contributed by atoms with Crippen molar-refractivity contribution in [3.05, 3.63) is 24.2 Å². The molecule has 0 radical (unpaired) electrons. The summed E-state index contributed by atoms with van der Waals surface area (Å²) in [5.74, 6) is 1.58. The van der Waals surface area contributed by atoms with Crippen LogP contribution in [0.3, 0.4) is 0 Å². The fourth-order valence-corrected chi connectivity index (χ4v) is 2.23. The molecule has 0 saturated carbocycles. The van der Waals surface area contributed by atoms with Crippen LogP contribution in [0, 0.1) is 5.92 Å². The summed E-state index contributed by atoms with van der Waals surface area (Å²) in [7, 11) is 3.97. The minimum absolute atomic E-state index is 0.725. The quantitative estimate of drug-likeness (QED) is 0.616. The van der Waals surface area contributed by atoms with Gasteiger partial charge in [-0.2, -0.15) is 0 Å². The van der Waals surface area contributed by atoms with Gasteiger partial charge in [0.15, 0.2) is 5.96 Å². The largest absolute Gasteiger partial charge is 0.472 e. The van der Waals surface area contributed by atoms with E-state index in [0.717, 1.165) is 30.5 Å². The first-order valence-electron chi connectivity index (χ1n) is 6.42. The number of aliphatic imine (C=N–C) groups is 1. The second kappa shape index (κ2) is 6.44. The molecule has 1 aromatic rings. The van der Waals surface area contributed by atoms with Gasteiger partial charge in [0.1, 0.15) is 0 Å². The molecule has 0 spiro atoms. The normalized spacial score (nSPS) is 21.2. The minimum Gasteiger partial charge on any atom is -0.472 e. The maximum absolute atomic E-state index is 5.03. The molecule has 0 bridgehead atoms. The van der Waals surface area contributed by atoms with Crippen molar-refractivity contribution < 1.29 is 4.42 Å². The topological polar surface area (TPSA) is 52.8 Å². The summed E-state index contributed by atoms with van der Waals surface area (Å²) < 4.78 is 5.03. The van der Waals surface area contributed by atoms with E-state index >= 15 is 0 Å². The average Bonchev–Trinajstić information content (AvgIpc) is 3.01. The molecule has 1 aliphatic rings. The monoisotopic (exact) mass is 250 g/mol. The van der Waals surface area contributed by atoms with Crippen LogP contribution in [0.5, 0.6) is 0 Å². The Morgan fingerprint density at radius 3 is 3.06 bits per heavy atom. The number of likely N-dealkylation sites (tertiary alicyclic amines) is 1. The van der Waals surface area contributed by atoms with E-state index < -0.39 is 0 Å². The number of rotatable bonds is 4. The van der Waals surface area contributed by atoms with Gasteiger partial charge in [0.25, 0.3) is 0 Å². The summed E-state index contributed by atoms with van der Waals surface area (Å²) >= 11 is 0. The van der Waals surface area contributed by atoms with Gasteiger partial charge in [0.05, 0.1) is 12.5 Å². The van der Waals surface area contributed by atoms with Crippen molar-refractivity contribution in [3.8, 4) is 0 Å². The van der Waals surface area contributed by atoms with E-state index in [2.05, 4.69) is 27.6 Å². The van der Waals surface area contributed by atoms with Crippen molar-refractivity contribution in [2.45, 2.75) is 13.0 Å². The smallest absolute Gasteiger partial charge is 0.191 e. The van der Waals surface area contributed by atoms with E-state index in [1.54, 1.807) is 19.6 Å². The van der Waals surface area contributed by atoms with Gasteiger partial charge < -0.3 is 20.0 Å². The fourth-order valence-electron chi connectivity index (χ4n) is 2.23. The highest BCUT2D eigenvalue weighted by molar-refractivity contribution is 5.79. The number of nitrogens with one attached hydrogen (secondary N) is 2. The Morgan fingerprint density at radius 1 is 1.56 bits per heavy atom. The van der Waals surface area contributed by atoms with Crippen molar-refractivity contribution >= 4 is 5.96 Å². The van der Waals surface area contributed by atoms with Crippen LogP contribution in [0.15, 0.2) is 28.0 Å². The Kier molecular flexibility index (Phi) is 4.64. The zero-order valence-corrected chi connectivity index (χ0v) is 11.1. The van der Waals surface area contributed by atoms with Crippen molar-refractivity contribution in [1.82, 2.24) is 15.5 Å². The summed E-state index contributed by atoms with van der Waals surface area (Å²) in [5, 5.41) is 6.65. The summed E-state index contributed by atoms with van der Waals surface area (Å²) in [6, 6.07) is 1.95. The van der Waals surface area contributed by atoms with E-state index in [1.807, 2.05) is 6.07 Å². The third-order valence-corrected chi connectivity index (χ3v) is 3.31. The predicted octanol–water partition coefficient (Wildman–Crippen LogP) is 0.896. The molecule has 1 atom stereocenters. The number of furan rings is 1. The minimum atomic E-state index is 0.725. The molecule has 0 aliphatic carbocycles. The van der Waals surface area contributed by atoms with Gasteiger partial charge in [-0.05, 0) is 32.0 Å².